The number of hydrogen-bond acceptors (Lipinski definition) is 2. The van der Waals surface area contributed by atoms with E-state index in [1.54, 1.807) is 13.2 Å². The summed E-state index contributed by atoms with van der Waals surface area (Å²) in [5.74, 6) is 0.877. The topological polar surface area (TPSA) is 26.3 Å². The summed E-state index contributed by atoms with van der Waals surface area (Å²) in [4.78, 5) is 12.3. The predicted molar refractivity (Wildman–Crippen MR) is 89.4 cm³/mol. The number of aryl methyl sites for hydroxylation is 2. The normalized spacial score (nSPS) is 13.9. The minimum Gasteiger partial charge on any atom is -0.497 e. The van der Waals surface area contributed by atoms with Gasteiger partial charge in [0.25, 0.3) is 0 Å². The predicted octanol–water partition coefficient (Wildman–Crippen LogP) is 4.47. The highest BCUT2D eigenvalue weighted by Gasteiger charge is 2.11. The van der Waals surface area contributed by atoms with E-state index in [2.05, 4.69) is 12.1 Å². The molecule has 1 aliphatic rings. The number of benzene rings is 2. The number of allylic oxidation sites excluding steroid dienone is 1. The number of methoxy groups -OCH3 is 1. The maximum Gasteiger partial charge on any atom is 0.185 e. The van der Waals surface area contributed by atoms with Crippen LogP contribution in [0.15, 0.2) is 48.5 Å². The van der Waals surface area contributed by atoms with Crippen LogP contribution in [-0.4, -0.2) is 12.9 Å². The smallest absolute Gasteiger partial charge is 0.185 e. The quantitative estimate of drug-likeness (QED) is 0.614. The number of rotatable bonds is 4. The lowest BCUT2D eigenvalue weighted by atomic mass is 9.90. The third-order valence-corrected chi connectivity index (χ3v) is 4.18. The van der Waals surface area contributed by atoms with Gasteiger partial charge in [-0.2, -0.15) is 0 Å². The molecule has 2 nitrogen and oxygen atoms in total. The number of carbonyl (C=O) groups is 1. The average molecular weight is 292 g/mol. The Hall–Kier alpha value is -2.35. The van der Waals surface area contributed by atoms with Gasteiger partial charge in [0.2, 0.25) is 0 Å². The molecule has 3 rings (SSSR count). The van der Waals surface area contributed by atoms with Crippen molar-refractivity contribution in [2.75, 3.05) is 7.11 Å². The van der Waals surface area contributed by atoms with Crippen molar-refractivity contribution in [2.24, 2.45) is 0 Å². The highest BCUT2D eigenvalue weighted by molar-refractivity contribution is 6.07. The Morgan fingerprint density at radius 2 is 1.73 bits per heavy atom. The fourth-order valence-corrected chi connectivity index (χ4v) is 2.87. The van der Waals surface area contributed by atoms with E-state index < -0.39 is 0 Å². The zero-order valence-corrected chi connectivity index (χ0v) is 12.8. The van der Waals surface area contributed by atoms with Crippen LogP contribution in [0.25, 0.3) is 6.08 Å². The Morgan fingerprint density at radius 1 is 1.00 bits per heavy atom. The first-order chi connectivity index (χ1) is 10.8. The van der Waals surface area contributed by atoms with Gasteiger partial charge in [0.05, 0.1) is 7.11 Å². The average Bonchev–Trinajstić information content (AvgIpc) is 2.59. The van der Waals surface area contributed by atoms with Crippen molar-refractivity contribution in [2.45, 2.75) is 25.7 Å². The number of carbonyl (C=O) groups excluding carboxylic acids is 1. The van der Waals surface area contributed by atoms with E-state index in [1.807, 2.05) is 36.4 Å². The van der Waals surface area contributed by atoms with Crippen LogP contribution in [0.2, 0.25) is 0 Å². The number of fused-ring (bicyclic) bond motifs is 1. The van der Waals surface area contributed by atoms with E-state index in [1.165, 1.54) is 24.0 Å². The second-order valence-corrected chi connectivity index (χ2v) is 5.66. The number of hydrogen-bond donors (Lipinski definition) is 0. The largest absolute Gasteiger partial charge is 0.497 e. The van der Waals surface area contributed by atoms with E-state index in [0.717, 1.165) is 29.7 Å². The molecule has 0 spiro atoms. The van der Waals surface area contributed by atoms with Crippen LogP contribution in [0.5, 0.6) is 5.75 Å². The molecule has 0 saturated carbocycles. The molecule has 0 aliphatic heterocycles. The van der Waals surface area contributed by atoms with Crippen LogP contribution in [0.1, 0.15) is 39.9 Å². The van der Waals surface area contributed by atoms with Crippen LogP contribution in [0.4, 0.5) is 0 Å². The molecule has 0 unspecified atom stereocenters. The third kappa shape index (κ3) is 3.28. The lowest BCUT2D eigenvalue weighted by Gasteiger charge is -2.15. The van der Waals surface area contributed by atoms with Crippen molar-refractivity contribution in [1.29, 1.82) is 0 Å². The van der Waals surface area contributed by atoms with Crippen molar-refractivity contribution < 1.29 is 9.53 Å². The lowest BCUT2D eigenvalue weighted by molar-refractivity contribution is 0.104. The fraction of sp³-hybridized carbons (Fsp3) is 0.250. The monoisotopic (exact) mass is 292 g/mol. The second-order valence-electron chi connectivity index (χ2n) is 5.66. The first-order valence-corrected chi connectivity index (χ1v) is 7.74. The van der Waals surface area contributed by atoms with Crippen molar-refractivity contribution in [1.82, 2.24) is 0 Å². The Bertz CT molecular complexity index is 696. The van der Waals surface area contributed by atoms with Crippen molar-refractivity contribution in [3.8, 4) is 5.75 Å². The molecule has 2 aromatic carbocycles. The molecule has 1 aliphatic carbocycles. The van der Waals surface area contributed by atoms with Gasteiger partial charge in [-0.05, 0) is 66.6 Å². The summed E-state index contributed by atoms with van der Waals surface area (Å²) < 4.78 is 5.13. The first kappa shape index (κ1) is 14.6. The number of ether oxygens (including phenoxy) is 1. The molecule has 0 amide bonds. The van der Waals surface area contributed by atoms with Gasteiger partial charge in [0.1, 0.15) is 5.75 Å². The van der Waals surface area contributed by atoms with Gasteiger partial charge in [0.15, 0.2) is 5.78 Å². The molecule has 2 aromatic rings. The summed E-state index contributed by atoms with van der Waals surface area (Å²) in [5.41, 5.74) is 4.52. The summed E-state index contributed by atoms with van der Waals surface area (Å²) in [6.07, 6.45) is 8.22. The van der Waals surface area contributed by atoms with E-state index in [-0.39, 0.29) is 5.78 Å². The minimum absolute atomic E-state index is 0.0594. The van der Waals surface area contributed by atoms with Crippen LogP contribution in [0.3, 0.4) is 0 Å². The molecule has 0 bridgehead atoms. The summed E-state index contributed by atoms with van der Waals surface area (Å²) in [5, 5.41) is 0. The molecule has 0 fully saturated rings. The summed E-state index contributed by atoms with van der Waals surface area (Å²) in [6, 6.07) is 13.8. The van der Waals surface area contributed by atoms with Gasteiger partial charge >= 0.3 is 0 Å². The van der Waals surface area contributed by atoms with Gasteiger partial charge in [-0.15, -0.1) is 0 Å². The first-order valence-electron chi connectivity index (χ1n) is 7.74. The van der Waals surface area contributed by atoms with E-state index in [0.29, 0.717) is 0 Å². The Morgan fingerprint density at radius 3 is 2.45 bits per heavy atom. The standard InChI is InChI=1S/C20H20O2/c1-22-19-11-6-15(7-12-19)8-13-20(21)18-10-9-16-4-2-3-5-17(16)14-18/h6-14H,2-5H2,1H3/b13-8+. The molecule has 112 valence electrons. The fourth-order valence-electron chi connectivity index (χ4n) is 2.87. The summed E-state index contributed by atoms with van der Waals surface area (Å²) >= 11 is 0. The molecular formula is C20H20O2. The highest BCUT2D eigenvalue weighted by atomic mass is 16.5. The third-order valence-electron chi connectivity index (χ3n) is 4.18. The van der Waals surface area contributed by atoms with Gasteiger partial charge in [-0.1, -0.05) is 30.3 Å². The van der Waals surface area contributed by atoms with Crippen LogP contribution in [0, 0.1) is 0 Å². The Labute approximate surface area is 131 Å². The molecular weight excluding hydrogens is 272 g/mol. The van der Waals surface area contributed by atoms with E-state index in [9.17, 15) is 4.79 Å². The SMILES string of the molecule is COc1ccc(/C=C/C(=O)c2ccc3c(c2)CCCC3)cc1. The van der Waals surface area contributed by atoms with E-state index in [4.69, 9.17) is 4.74 Å². The molecule has 2 heteroatoms. The van der Waals surface area contributed by atoms with Gasteiger partial charge in [-0.3, -0.25) is 4.79 Å². The summed E-state index contributed by atoms with van der Waals surface area (Å²) in [7, 11) is 1.64. The minimum atomic E-state index is 0.0594. The van der Waals surface area contributed by atoms with E-state index >= 15 is 0 Å². The van der Waals surface area contributed by atoms with Crippen molar-refractivity contribution in [3.05, 3.63) is 70.8 Å². The molecule has 0 aromatic heterocycles. The highest BCUT2D eigenvalue weighted by Crippen LogP contribution is 2.22. The molecule has 0 radical (unpaired) electrons. The maximum absolute atomic E-state index is 12.3. The van der Waals surface area contributed by atoms with Gasteiger partial charge < -0.3 is 4.74 Å². The lowest BCUT2D eigenvalue weighted by Crippen LogP contribution is -2.05. The second kappa shape index (κ2) is 6.61. The molecule has 0 N–H and O–H groups in total. The maximum atomic E-state index is 12.3. The van der Waals surface area contributed by atoms with Gasteiger partial charge in [0, 0.05) is 5.56 Å². The molecule has 0 saturated heterocycles. The van der Waals surface area contributed by atoms with Crippen LogP contribution < -0.4 is 4.74 Å². The molecule has 0 heterocycles. The Kier molecular flexibility index (Phi) is 4.38. The zero-order valence-electron chi connectivity index (χ0n) is 12.8. The summed E-state index contributed by atoms with van der Waals surface area (Å²) in [6.45, 7) is 0. The molecule has 0 atom stereocenters. The van der Waals surface area contributed by atoms with Gasteiger partial charge in [-0.25, -0.2) is 0 Å². The Balaban J connectivity index is 1.74. The van der Waals surface area contributed by atoms with Crippen molar-refractivity contribution in [3.63, 3.8) is 0 Å². The zero-order chi connectivity index (χ0) is 15.4. The van der Waals surface area contributed by atoms with Crippen LogP contribution >= 0.6 is 0 Å². The number of ketones is 1. The van der Waals surface area contributed by atoms with Crippen molar-refractivity contribution >= 4 is 11.9 Å². The molecule has 22 heavy (non-hydrogen) atoms. The van der Waals surface area contributed by atoms with Crippen LogP contribution in [-0.2, 0) is 12.8 Å².